The number of amides is 1. The molecule has 0 saturated carbocycles. The Morgan fingerprint density at radius 3 is 2.64 bits per heavy atom. The minimum Gasteiger partial charge on any atom is -0.489 e. The van der Waals surface area contributed by atoms with Crippen molar-refractivity contribution in [1.82, 2.24) is 10.3 Å². The minimum atomic E-state index is -0.349. The first-order valence-corrected chi connectivity index (χ1v) is 9.02. The molecule has 0 radical (unpaired) electrons. The van der Waals surface area contributed by atoms with Gasteiger partial charge in [0.05, 0.1) is 29.2 Å². The number of para-hydroxylation sites is 2. The first kappa shape index (κ1) is 19.4. The van der Waals surface area contributed by atoms with Crippen LogP contribution in [-0.4, -0.2) is 17.0 Å². The van der Waals surface area contributed by atoms with Crippen molar-refractivity contribution >= 4 is 17.3 Å². The highest BCUT2D eigenvalue weighted by Gasteiger charge is 2.10. The number of nitrogens with zero attached hydrogens (tertiary/aromatic N) is 1. The van der Waals surface area contributed by atoms with Crippen LogP contribution in [0.3, 0.4) is 0 Å². The summed E-state index contributed by atoms with van der Waals surface area (Å²) in [6, 6.07) is 15.6. The Balaban J connectivity index is 1.70. The normalized spacial score (nSPS) is 10.6. The third kappa shape index (κ3) is 5.07. The maximum atomic E-state index is 13.7. The van der Waals surface area contributed by atoms with E-state index in [1.54, 1.807) is 30.5 Å². The zero-order chi connectivity index (χ0) is 19.9. The molecule has 0 unspecified atom stereocenters. The van der Waals surface area contributed by atoms with Crippen LogP contribution in [0.5, 0.6) is 5.75 Å². The van der Waals surface area contributed by atoms with Crippen LogP contribution in [0, 0.1) is 5.82 Å². The number of carbonyl (C=O) groups is 1. The molecule has 0 aliphatic carbocycles. The maximum absolute atomic E-state index is 13.7. The fraction of sp³-hybridized carbons (Fsp3) is 0.182. The van der Waals surface area contributed by atoms with Crippen molar-refractivity contribution in [1.29, 1.82) is 0 Å². The molecule has 1 amide bonds. The van der Waals surface area contributed by atoms with Crippen LogP contribution in [0.25, 0.3) is 0 Å². The number of aromatic nitrogens is 1. The van der Waals surface area contributed by atoms with Crippen LogP contribution in [0.1, 0.15) is 29.8 Å². The SMILES string of the molecule is CC(C)Oc1ccccc1Nc1cncc(C(=O)NCc2ccccc2F)c1. The first-order valence-electron chi connectivity index (χ1n) is 9.02. The Kier molecular flexibility index (Phi) is 6.22. The van der Waals surface area contributed by atoms with E-state index in [-0.39, 0.29) is 24.4 Å². The smallest absolute Gasteiger partial charge is 0.253 e. The summed E-state index contributed by atoms with van der Waals surface area (Å²) < 4.78 is 19.5. The van der Waals surface area contributed by atoms with Gasteiger partial charge in [-0.1, -0.05) is 30.3 Å². The van der Waals surface area contributed by atoms with Crippen LogP contribution < -0.4 is 15.4 Å². The third-order valence-electron chi connectivity index (χ3n) is 3.93. The number of carbonyl (C=O) groups excluding carboxylic acids is 1. The molecule has 5 nitrogen and oxygen atoms in total. The van der Waals surface area contributed by atoms with Crippen LogP contribution in [-0.2, 0) is 6.54 Å². The molecule has 3 aromatic rings. The zero-order valence-corrected chi connectivity index (χ0v) is 15.8. The second-order valence-electron chi connectivity index (χ2n) is 6.52. The fourth-order valence-corrected chi connectivity index (χ4v) is 2.63. The molecule has 1 aromatic heterocycles. The summed E-state index contributed by atoms with van der Waals surface area (Å²) in [4.78, 5) is 16.5. The highest BCUT2D eigenvalue weighted by atomic mass is 19.1. The average Bonchev–Trinajstić information content (AvgIpc) is 2.68. The summed E-state index contributed by atoms with van der Waals surface area (Å²) >= 11 is 0. The summed E-state index contributed by atoms with van der Waals surface area (Å²) in [5, 5.41) is 5.94. The maximum Gasteiger partial charge on any atom is 0.253 e. The molecule has 2 aromatic carbocycles. The number of pyridine rings is 1. The Morgan fingerprint density at radius 1 is 1.11 bits per heavy atom. The number of hydrogen-bond acceptors (Lipinski definition) is 4. The number of nitrogens with one attached hydrogen (secondary N) is 2. The molecule has 0 aliphatic heterocycles. The van der Waals surface area contributed by atoms with Gasteiger partial charge in [-0.2, -0.15) is 0 Å². The molecule has 0 aliphatic rings. The second kappa shape index (κ2) is 8.99. The van der Waals surface area contributed by atoms with Crippen LogP contribution in [0.2, 0.25) is 0 Å². The van der Waals surface area contributed by atoms with Crippen molar-refractivity contribution in [3.05, 3.63) is 83.9 Å². The topological polar surface area (TPSA) is 63.2 Å². The first-order chi connectivity index (χ1) is 13.5. The van der Waals surface area contributed by atoms with E-state index in [1.165, 1.54) is 12.3 Å². The lowest BCUT2D eigenvalue weighted by molar-refractivity contribution is 0.0950. The van der Waals surface area contributed by atoms with Gasteiger partial charge in [0.25, 0.3) is 5.91 Å². The van der Waals surface area contributed by atoms with E-state index >= 15 is 0 Å². The molecular formula is C22H22FN3O2. The van der Waals surface area contributed by atoms with Crippen LogP contribution in [0.15, 0.2) is 67.0 Å². The van der Waals surface area contributed by atoms with Gasteiger partial charge >= 0.3 is 0 Å². The molecule has 0 bridgehead atoms. The average molecular weight is 379 g/mol. The number of hydrogen-bond donors (Lipinski definition) is 2. The molecule has 28 heavy (non-hydrogen) atoms. The van der Waals surface area contributed by atoms with Crippen molar-refractivity contribution in [3.8, 4) is 5.75 Å². The van der Waals surface area contributed by atoms with Crippen molar-refractivity contribution in [2.45, 2.75) is 26.5 Å². The highest BCUT2D eigenvalue weighted by Crippen LogP contribution is 2.28. The monoisotopic (exact) mass is 379 g/mol. The Bertz CT molecular complexity index is 960. The lowest BCUT2D eigenvalue weighted by Gasteiger charge is -2.15. The number of benzene rings is 2. The standard InChI is InChI=1S/C22H22FN3O2/c1-15(2)28-21-10-6-5-9-20(21)26-18-11-17(12-24-14-18)22(27)25-13-16-7-3-4-8-19(16)23/h3-12,14-15,26H,13H2,1-2H3,(H,25,27). The van der Waals surface area contributed by atoms with Gasteiger partial charge in [0.1, 0.15) is 11.6 Å². The van der Waals surface area contributed by atoms with Gasteiger partial charge in [0.15, 0.2) is 0 Å². The minimum absolute atomic E-state index is 0.0385. The Hall–Kier alpha value is -3.41. The van der Waals surface area contributed by atoms with Gasteiger partial charge in [-0.25, -0.2) is 4.39 Å². The van der Waals surface area contributed by atoms with E-state index in [0.29, 0.717) is 22.6 Å². The molecule has 144 valence electrons. The van der Waals surface area contributed by atoms with Gasteiger partial charge < -0.3 is 15.4 Å². The third-order valence-corrected chi connectivity index (χ3v) is 3.93. The predicted molar refractivity (Wildman–Crippen MR) is 107 cm³/mol. The summed E-state index contributed by atoms with van der Waals surface area (Å²) in [6.07, 6.45) is 3.13. The van der Waals surface area contributed by atoms with Crippen molar-refractivity contribution in [2.75, 3.05) is 5.32 Å². The van der Waals surface area contributed by atoms with Gasteiger partial charge in [0.2, 0.25) is 0 Å². The molecule has 3 rings (SSSR count). The predicted octanol–water partition coefficient (Wildman–Crippen LogP) is 4.68. The van der Waals surface area contributed by atoms with E-state index in [1.807, 2.05) is 38.1 Å². The Morgan fingerprint density at radius 2 is 1.86 bits per heavy atom. The van der Waals surface area contributed by atoms with Crippen molar-refractivity contribution in [2.24, 2.45) is 0 Å². The lowest BCUT2D eigenvalue weighted by atomic mass is 10.2. The molecule has 0 saturated heterocycles. The van der Waals surface area contributed by atoms with E-state index in [2.05, 4.69) is 15.6 Å². The summed E-state index contributed by atoms with van der Waals surface area (Å²) in [7, 11) is 0. The number of ether oxygens (including phenoxy) is 1. The molecule has 0 atom stereocenters. The van der Waals surface area contributed by atoms with Crippen molar-refractivity contribution in [3.63, 3.8) is 0 Å². The summed E-state index contributed by atoms with van der Waals surface area (Å²) in [5.41, 5.74) is 2.24. The number of anilines is 2. The van der Waals surface area contributed by atoms with Crippen molar-refractivity contribution < 1.29 is 13.9 Å². The highest BCUT2D eigenvalue weighted by molar-refractivity contribution is 5.94. The van der Waals surface area contributed by atoms with E-state index < -0.39 is 0 Å². The lowest BCUT2D eigenvalue weighted by Crippen LogP contribution is -2.23. The van der Waals surface area contributed by atoms with Crippen LogP contribution >= 0.6 is 0 Å². The van der Waals surface area contributed by atoms with E-state index in [9.17, 15) is 9.18 Å². The summed E-state index contributed by atoms with van der Waals surface area (Å²) in [5.74, 6) is 0.0381. The van der Waals surface area contributed by atoms with Gasteiger partial charge in [-0.3, -0.25) is 9.78 Å². The molecule has 2 N–H and O–H groups in total. The van der Waals surface area contributed by atoms with Gasteiger partial charge in [-0.15, -0.1) is 0 Å². The fourth-order valence-electron chi connectivity index (χ4n) is 2.63. The number of halogens is 1. The molecule has 0 fully saturated rings. The zero-order valence-electron chi connectivity index (χ0n) is 15.8. The van der Waals surface area contributed by atoms with Crippen LogP contribution in [0.4, 0.5) is 15.8 Å². The molecule has 0 spiro atoms. The quantitative estimate of drug-likeness (QED) is 0.626. The van der Waals surface area contributed by atoms with E-state index in [4.69, 9.17) is 4.74 Å². The van der Waals surface area contributed by atoms with Gasteiger partial charge in [-0.05, 0) is 38.1 Å². The van der Waals surface area contributed by atoms with E-state index in [0.717, 1.165) is 5.69 Å². The molecule has 6 heteroatoms. The molecular weight excluding hydrogens is 357 g/mol. The Labute approximate surface area is 163 Å². The number of rotatable bonds is 7. The largest absolute Gasteiger partial charge is 0.489 e. The summed E-state index contributed by atoms with van der Waals surface area (Å²) in [6.45, 7) is 4.02. The molecule has 1 heterocycles. The van der Waals surface area contributed by atoms with Gasteiger partial charge in [0, 0.05) is 18.3 Å². The second-order valence-corrected chi connectivity index (χ2v) is 6.52.